The lowest BCUT2D eigenvalue weighted by atomic mass is 9.95. The van der Waals surface area contributed by atoms with Crippen molar-refractivity contribution in [1.82, 2.24) is 0 Å². The summed E-state index contributed by atoms with van der Waals surface area (Å²) in [6.07, 6.45) is 0. The maximum absolute atomic E-state index is 12.2. The summed E-state index contributed by atoms with van der Waals surface area (Å²) in [5, 5.41) is 14.9. The number of ether oxygens (including phenoxy) is 1. The zero-order valence-corrected chi connectivity index (χ0v) is 21.6. The Morgan fingerprint density at radius 1 is 0.861 bits per heavy atom. The van der Waals surface area contributed by atoms with Gasteiger partial charge < -0.3 is 24.6 Å². The smallest absolute Gasteiger partial charge is 0.360 e. The Bertz CT molecular complexity index is 1150. The third-order valence-electron chi connectivity index (χ3n) is 4.88. The highest BCUT2D eigenvalue weighted by Crippen LogP contribution is 2.19. The molecule has 0 saturated carbocycles. The van der Waals surface area contributed by atoms with Crippen molar-refractivity contribution in [2.24, 2.45) is 20.9 Å². The molecule has 1 N–H and O–H groups in total. The van der Waals surface area contributed by atoms with Crippen molar-refractivity contribution in [2.75, 3.05) is 26.6 Å². The van der Waals surface area contributed by atoms with Gasteiger partial charge in [-0.05, 0) is 19.1 Å². The maximum atomic E-state index is 12.2. The van der Waals surface area contributed by atoms with Crippen LogP contribution in [0.5, 0.6) is 0 Å². The number of anilines is 1. The van der Waals surface area contributed by atoms with Crippen molar-refractivity contribution in [1.29, 1.82) is 0 Å². The molecule has 0 spiro atoms. The summed E-state index contributed by atoms with van der Waals surface area (Å²) < 4.78 is 4.80. The molecule has 36 heavy (non-hydrogen) atoms. The SMILES string of the molecule is CO/N=C(/C(C)=N/OCc1ccccc1/C(=N\OC)C(=O)OC)c1ccc(NC(=O)C(C)(C)C)cc1. The molecule has 2 rings (SSSR count). The van der Waals surface area contributed by atoms with Crippen LogP contribution in [0.15, 0.2) is 64.0 Å². The fourth-order valence-corrected chi connectivity index (χ4v) is 2.95. The molecule has 10 nitrogen and oxygen atoms in total. The summed E-state index contributed by atoms with van der Waals surface area (Å²) in [6.45, 7) is 7.31. The quantitative estimate of drug-likeness (QED) is 0.300. The first-order chi connectivity index (χ1) is 17.1. The van der Waals surface area contributed by atoms with E-state index in [1.54, 1.807) is 55.5 Å². The average Bonchev–Trinajstić information content (AvgIpc) is 2.85. The minimum Gasteiger partial charge on any atom is -0.464 e. The van der Waals surface area contributed by atoms with Crippen molar-refractivity contribution in [3.63, 3.8) is 0 Å². The predicted molar refractivity (Wildman–Crippen MR) is 138 cm³/mol. The van der Waals surface area contributed by atoms with Crippen molar-refractivity contribution >= 4 is 34.7 Å². The Labute approximate surface area is 210 Å². The largest absolute Gasteiger partial charge is 0.464 e. The molecule has 0 bridgehead atoms. The van der Waals surface area contributed by atoms with E-state index in [1.807, 2.05) is 20.8 Å². The summed E-state index contributed by atoms with van der Waals surface area (Å²) in [7, 11) is 4.05. The molecule has 0 aliphatic carbocycles. The van der Waals surface area contributed by atoms with Gasteiger partial charge in [0.25, 0.3) is 0 Å². The highest BCUT2D eigenvalue weighted by Gasteiger charge is 2.21. The maximum Gasteiger partial charge on any atom is 0.360 e. The molecular formula is C26H32N4O6. The zero-order chi connectivity index (χ0) is 26.7. The second-order valence-electron chi connectivity index (χ2n) is 8.63. The molecule has 2 aromatic carbocycles. The summed E-state index contributed by atoms with van der Waals surface area (Å²) in [5.74, 6) is -0.723. The van der Waals surface area contributed by atoms with Crippen molar-refractivity contribution in [3.05, 3.63) is 65.2 Å². The fraction of sp³-hybridized carbons (Fsp3) is 0.346. The van der Waals surface area contributed by atoms with Gasteiger partial charge in [-0.15, -0.1) is 0 Å². The highest BCUT2D eigenvalue weighted by atomic mass is 16.6. The molecule has 0 fully saturated rings. The van der Waals surface area contributed by atoms with Crippen LogP contribution >= 0.6 is 0 Å². The molecule has 1 amide bonds. The van der Waals surface area contributed by atoms with E-state index in [9.17, 15) is 9.59 Å². The molecule has 0 aliphatic rings. The van der Waals surface area contributed by atoms with Gasteiger partial charge in [-0.2, -0.15) is 0 Å². The molecule has 0 saturated heterocycles. The number of methoxy groups -OCH3 is 1. The number of nitrogens with one attached hydrogen (secondary N) is 1. The van der Waals surface area contributed by atoms with Crippen LogP contribution in [-0.4, -0.2) is 50.3 Å². The van der Waals surface area contributed by atoms with Crippen LogP contribution in [0.25, 0.3) is 0 Å². The van der Waals surface area contributed by atoms with Gasteiger partial charge in [0.05, 0.1) is 7.11 Å². The Kier molecular flexibility index (Phi) is 10.1. The second kappa shape index (κ2) is 13.0. The topological polar surface area (TPSA) is 120 Å². The monoisotopic (exact) mass is 496 g/mol. The number of carbonyl (C=O) groups is 2. The number of oxime groups is 3. The number of amides is 1. The number of nitrogens with zero attached hydrogens (tertiary/aromatic N) is 3. The third-order valence-corrected chi connectivity index (χ3v) is 4.88. The van der Waals surface area contributed by atoms with Gasteiger partial charge in [0, 0.05) is 27.8 Å². The van der Waals surface area contributed by atoms with E-state index >= 15 is 0 Å². The van der Waals surface area contributed by atoms with Crippen LogP contribution in [0.1, 0.15) is 44.4 Å². The van der Waals surface area contributed by atoms with E-state index in [1.165, 1.54) is 21.3 Å². The lowest BCUT2D eigenvalue weighted by molar-refractivity contribution is -0.132. The van der Waals surface area contributed by atoms with Crippen molar-refractivity contribution in [2.45, 2.75) is 34.3 Å². The first kappa shape index (κ1) is 28.0. The predicted octanol–water partition coefficient (Wildman–Crippen LogP) is 4.14. The number of hydrogen-bond acceptors (Lipinski definition) is 9. The molecule has 10 heteroatoms. The fourth-order valence-electron chi connectivity index (χ4n) is 2.95. The van der Waals surface area contributed by atoms with Gasteiger partial charge in [-0.1, -0.05) is 72.6 Å². The Balaban J connectivity index is 2.20. The molecule has 2 aromatic rings. The van der Waals surface area contributed by atoms with Crippen LogP contribution in [-0.2, 0) is 35.4 Å². The summed E-state index contributed by atoms with van der Waals surface area (Å²) >= 11 is 0. The van der Waals surface area contributed by atoms with Gasteiger partial charge in [0.15, 0.2) is 5.71 Å². The van der Waals surface area contributed by atoms with E-state index in [0.29, 0.717) is 28.2 Å². The highest BCUT2D eigenvalue weighted by molar-refractivity contribution is 6.47. The minimum atomic E-state index is -0.638. The number of rotatable bonds is 10. The molecule has 0 radical (unpaired) electrons. The zero-order valence-electron chi connectivity index (χ0n) is 21.6. The molecule has 0 unspecified atom stereocenters. The van der Waals surface area contributed by atoms with E-state index in [0.717, 1.165) is 5.56 Å². The summed E-state index contributed by atoms with van der Waals surface area (Å²) in [6, 6.07) is 14.2. The first-order valence-electron chi connectivity index (χ1n) is 11.1. The molecule has 0 heterocycles. The number of hydrogen-bond donors (Lipinski definition) is 1. The van der Waals surface area contributed by atoms with Crippen LogP contribution in [0.4, 0.5) is 5.69 Å². The average molecular weight is 497 g/mol. The molecule has 0 atom stereocenters. The molecule has 192 valence electrons. The van der Waals surface area contributed by atoms with E-state index in [2.05, 4.69) is 20.8 Å². The van der Waals surface area contributed by atoms with E-state index in [4.69, 9.17) is 19.2 Å². The molecule has 0 aliphatic heterocycles. The third kappa shape index (κ3) is 7.66. The first-order valence-corrected chi connectivity index (χ1v) is 11.1. The van der Waals surface area contributed by atoms with E-state index in [-0.39, 0.29) is 18.2 Å². The van der Waals surface area contributed by atoms with Crippen molar-refractivity contribution < 1.29 is 28.8 Å². The normalized spacial score (nSPS) is 12.6. The Hall–Kier alpha value is -4.21. The summed E-state index contributed by atoms with van der Waals surface area (Å²) in [4.78, 5) is 39.7. The number of carbonyl (C=O) groups excluding carboxylic acids is 2. The number of benzene rings is 2. The van der Waals surface area contributed by atoms with Gasteiger partial charge in [0.1, 0.15) is 32.2 Å². The van der Waals surface area contributed by atoms with Crippen LogP contribution < -0.4 is 5.32 Å². The number of esters is 1. The van der Waals surface area contributed by atoms with Crippen LogP contribution in [0.2, 0.25) is 0 Å². The summed E-state index contributed by atoms with van der Waals surface area (Å²) in [5.41, 5.74) is 2.95. The van der Waals surface area contributed by atoms with Crippen LogP contribution in [0.3, 0.4) is 0 Å². The van der Waals surface area contributed by atoms with Crippen molar-refractivity contribution in [3.8, 4) is 0 Å². The molecular weight excluding hydrogens is 464 g/mol. The van der Waals surface area contributed by atoms with Gasteiger partial charge in [0.2, 0.25) is 5.91 Å². The van der Waals surface area contributed by atoms with Gasteiger partial charge >= 0.3 is 5.97 Å². The molecule has 0 aromatic heterocycles. The van der Waals surface area contributed by atoms with Crippen LogP contribution in [0, 0.1) is 5.41 Å². The van der Waals surface area contributed by atoms with Gasteiger partial charge in [-0.3, -0.25) is 4.79 Å². The lowest BCUT2D eigenvalue weighted by Gasteiger charge is -2.17. The Morgan fingerprint density at radius 2 is 1.47 bits per heavy atom. The van der Waals surface area contributed by atoms with Gasteiger partial charge in [-0.25, -0.2) is 4.79 Å². The second-order valence-corrected chi connectivity index (χ2v) is 8.63. The standard InChI is InChI=1S/C26H32N4O6/c1-17(22(29-34-6)18-12-14-20(15-13-18)27-25(32)26(2,3)4)28-36-16-19-10-8-9-11-21(19)23(30-35-7)24(31)33-5/h8-15H,16H2,1-7H3,(H,27,32)/b28-17+,29-22-,30-23+. The minimum absolute atomic E-state index is 0.0141. The Morgan fingerprint density at radius 3 is 2.06 bits per heavy atom. The van der Waals surface area contributed by atoms with E-state index < -0.39 is 11.4 Å². The lowest BCUT2D eigenvalue weighted by Crippen LogP contribution is -2.27.